The average molecular weight is 160 g/mol. The largest absolute Gasteiger partial charge is 0.0625 e. The molecule has 0 heterocycles. The van der Waals surface area contributed by atoms with Crippen LogP contribution < -0.4 is 0 Å². The fourth-order valence-corrected chi connectivity index (χ4v) is 2.57. The first kappa shape index (κ1) is 3.81. The van der Waals surface area contributed by atoms with E-state index in [4.69, 9.17) is 8.22 Å². The maximum Gasteiger partial charge on any atom is 0.0236 e. The highest BCUT2D eigenvalue weighted by Crippen LogP contribution is 2.47. The molecular formula is C11H22. The predicted molar refractivity (Wildman–Crippen MR) is 50.6 cm³/mol. The van der Waals surface area contributed by atoms with Crippen LogP contribution >= 0.6 is 0 Å². The number of rotatable bonds is 0. The highest BCUT2D eigenvalue weighted by molar-refractivity contribution is 4.87. The molecule has 0 nitrogen and oxygen atoms in total. The highest BCUT2D eigenvalue weighted by atomic mass is 14.4. The van der Waals surface area contributed by atoms with Crippen molar-refractivity contribution in [1.82, 2.24) is 0 Å². The Morgan fingerprint density at radius 3 is 2.18 bits per heavy atom. The smallest absolute Gasteiger partial charge is 0.0236 e. The third-order valence-corrected chi connectivity index (χ3v) is 2.38. The Bertz CT molecular complexity index is 271. The van der Waals surface area contributed by atoms with Crippen molar-refractivity contribution in [3.8, 4) is 0 Å². The van der Waals surface area contributed by atoms with E-state index >= 15 is 0 Å². The van der Waals surface area contributed by atoms with Crippen LogP contribution in [0.2, 0.25) is 0 Å². The van der Waals surface area contributed by atoms with Gasteiger partial charge in [0, 0.05) is 8.22 Å². The second kappa shape index (κ2) is 2.50. The molecule has 1 aliphatic carbocycles. The van der Waals surface area contributed by atoms with Crippen LogP contribution in [-0.2, 0) is 0 Å². The third kappa shape index (κ3) is 2.50. The SMILES string of the molecule is [2H]C([2H])([2H])C1(C([2H])([2H])[2H])CC(C)CC(C)(C)C1. The molecule has 66 valence electrons. The monoisotopic (exact) mass is 160 g/mol. The van der Waals surface area contributed by atoms with Gasteiger partial charge in [0.2, 0.25) is 0 Å². The molecule has 1 aliphatic rings. The van der Waals surface area contributed by atoms with Crippen LogP contribution in [0.3, 0.4) is 0 Å². The molecule has 1 unspecified atom stereocenters. The number of hydrogen-bond acceptors (Lipinski definition) is 0. The van der Waals surface area contributed by atoms with Gasteiger partial charge in [0.1, 0.15) is 0 Å². The molecule has 0 aromatic heterocycles. The summed E-state index contributed by atoms with van der Waals surface area (Å²) in [4.78, 5) is 0. The molecule has 0 N–H and O–H groups in total. The van der Waals surface area contributed by atoms with Gasteiger partial charge in [-0.3, -0.25) is 0 Å². The Hall–Kier alpha value is 0. The van der Waals surface area contributed by atoms with E-state index in [2.05, 4.69) is 0 Å². The fraction of sp³-hybridized carbons (Fsp3) is 1.00. The van der Waals surface area contributed by atoms with Crippen LogP contribution in [0.15, 0.2) is 0 Å². The zero-order chi connectivity index (χ0) is 13.7. The van der Waals surface area contributed by atoms with Gasteiger partial charge in [0.15, 0.2) is 0 Å². The minimum absolute atomic E-state index is 0.139. The lowest BCUT2D eigenvalue weighted by Gasteiger charge is -2.44. The van der Waals surface area contributed by atoms with Gasteiger partial charge in [0.05, 0.1) is 0 Å². The topological polar surface area (TPSA) is 0 Å². The summed E-state index contributed by atoms with van der Waals surface area (Å²) in [5, 5.41) is 0. The molecule has 0 amide bonds. The van der Waals surface area contributed by atoms with Crippen LogP contribution in [0.5, 0.6) is 0 Å². The van der Waals surface area contributed by atoms with E-state index in [9.17, 15) is 0 Å². The first-order valence-electron chi connectivity index (χ1n) is 7.31. The van der Waals surface area contributed by atoms with Crippen molar-refractivity contribution >= 4 is 0 Å². The lowest BCUT2D eigenvalue weighted by molar-refractivity contribution is 0.0754. The quantitative estimate of drug-likeness (QED) is 0.505. The summed E-state index contributed by atoms with van der Waals surface area (Å²) in [5.41, 5.74) is -1.76. The zero-order valence-corrected chi connectivity index (χ0v) is 7.70. The molecule has 0 radical (unpaired) electrons. The summed E-state index contributed by atoms with van der Waals surface area (Å²) in [6, 6.07) is 0. The Balaban J connectivity index is 3.25. The summed E-state index contributed by atoms with van der Waals surface area (Å²) in [5.74, 6) is 0.139. The molecule has 1 fully saturated rings. The maximum absolute atomic E-state index is 7.67. The minimum Gasteiger partial charge on any atom is -0.0625 e. The van der Waals surface area contributed by atoms with Crippen LogP contribution in [0.25, 0.3) is 0 Å². The molecule has 1 atom stereocenters. The summed E-state index contributed by atoms with van der Waals surface area (Å²) in [6.45, 7) is 1.03. The van der Waals surface area contributed by atoms with Gasteiger partial charge in [-0.2, -0.15) is 0 Å². The van der Waals surface area contributed by atoms with E-state index in [0.29, 0.717) is 0 Å². The lowest BCUT2D eigenvalue weighted by Crippen LogP contribution is -2.32. The fourth-order valence-electron chi connectivity index (χ4n) is 2.57. The van der Waals surface area contributed by atoms with Crippen LogP contribution in [0.4, 0.5) is 0 Å². The molecule has 0 aliphatic heterocycles. The zero-order valence-electron chi connectivity index (χ0n) is 13.7. The standard InChI is InChI=1S/C11H22/c1-9-6-10(2,3)8-11(4,5)7-9/h9H,6-8H2,1-5H3/i2D3,3D3. The molecule has 1 rings (SSSR count). The first-order valence-corrected chi connectivity index (χ1v) is 4.31. The van der Waals surface area contributed by atoms with Gasteiger partial charge in [-0.1, -0.05) is 34.5 Å². The molecule has 0 saturated heterocycles. The molecule has 0 heteroatoms. The van der Waals surface area contributed by atoms with Gasteiger partial charge < -0.3 is 0 Å². The van der Waals surface area contributed by atoms with Crippen molar-refractivity contribution in [2.75, 3.05) is 0 Å². The van der Waals surface area contributed by atoms with Crippen molar-refractivity contribution < 1.29 is 8.22 Å². The first-order chi connectivity index (χ1) is 7.31. The summed E-state index contributed by atoms with van der Waals surface area (Å²) in [6.07, 6.45) is 1.40. The molecule has 0 bridgehead atoms. The number of hydrogen-bond donors (Lipinski definition) is 0. The van der Waals surface area contributed by atoms with Crippen molar-refractivity contribution in [2.24, 2.45) is 16.7 Å². The van der Waals surface area contributed by atoms with Crippen LogP contribution in [-0.4, -0.2) is 0 Å². The molecule has 11 heavy (non-hydrogen) atoms. The maximum atomic E-state index is 7.67. The predicted octanol–water partition coefficient (Wildman–Crippen LogP) is 3.86. The molecule has 1 saturated carbocycles. The molecule has 0 aromatic rings. The Morgan fingerprint density at radius 1 is 1.18 bits per heavy atom. The van der Waals surface area contributed by atoms with Crippen molar-refractivity contribution in [3.05, 3.63) is 0 Å². The van der Waals surface area contributed by atoms with Gasteiger partial charge in [-0.15, -0.1) is 0 Å². The lowest BCUT2D eigenvalue weighted by atomic mass is 9.62. The molecule has 0 spiro atoms. The van der Waals surface area contributed by atoms with E-state index in [1.165, 1.54) is 0 Å². The normalized spacial score (nSPS) is 45.5. The van der Waals surface area contributed by atoms with Crippen LogP contribution in [0, 0.1) is 16.7 Å². The Labute approximate surface area is 79.8 Å². The summed E-state index contributed by atoms with van der Waals surface area (Å²) < 4.78 is 46.0. The second-order valence-electron chi connectivity index (χ2n) is 4.94. The minimum atomic E-state index is -2.43. The van der Waals surface area contributed by atoms with Gasteiger partial charge >= 0.3 is 0 Å². The highest BCUT2D eigenvalue weighted by Gasteiger charge is 2.36. The molecule has 0 aromatic carbocycles. The van der Waals surface area contributed by atoms with E-state index in [1.807, 2.05) is 20.8 Å². The van der Waals surface area contributed by atoms with E-state index < -0.39 is 19.1 Å². The van der Waals surface area contributed by atoms with Gasteiger partial charge in [0.25, 0.3) is 0 Å². The Kier molecular flexibility index (Phi) is 0.865. The second-order valence-corrected chi connectivity index (χ2v) is 4.94. The average Bonchev–Trinajstić information content (AvgIpc) is 1.95. The van der Waals surface area contributed by atoms with E-state index in [1.54, 1.807) is 0 Å². The van der Waals surface area contributed by atoms with E-state index in [-0.39, 0.29) is 24.2 Å². The Morgan fingerprint density at radius 2 is 1.73 bits per heavy atom. The third-order valence-electron chi connectivity index (χ3n) is 2.38. The molecular weight excluding hydrogens is 132 g/mol. The summed E-state index contributed by atoms with van der Waals surface area (Å²) >= 11 is 0. The van der Waals surface area contributed by atoms with Gasteiger partial charge in [-0.25, -0.2) is 0 Å². The van der Waals surface area contributed by atoms with Crippen molar-refractivity contribution in [1.29, 1.82) is 0 Å². The van der Waals surface area contributed by atoms with E-state index in [0.717, 1.165) is 6.42 Å². The summed E-state index contributed by atoms with van der Waals surface area (Å²) in [7, 11) is 0. The van der Waals surface area contributed by atoms with Crippen molar-refractivity contribution in [3.63, 3.8) is 0 Å². The van der Waals surface area contributed by atoms with Crippen molar-refractivity contribution in [2.45, 2.75) is 53.7 Å². The van der Waals surface area contributed by atoms with Gasteiger partial charge in [-0.05, 0) is 36.0 Å². The van der Waals surface area contributed by atoms with Crippen LogP contribution in [0.1, 0.15) is 62.0 Å².